The van der Waals surface area contributed by atoms with Crippen molar-refractivity contribution in [2.75, 3.05) is 33.4 Å². The Labute approximate surface area is 135 Å². The molecule has 0 spiro atoms. The molecule has 2 rings (SSSR count). The van der Waals surface area contributed by atoms with Gasteiger partial charge in [0.25, 0.3) is 0 Å². The van der Waals surface area contributed by atoms with E-state index in [9.17, 15) is 4.79 Å². The van der Waals surface area contributed by atoms with Gasteiger partial charge < -0.3 is 15.4 Å². The van der Waals surface area contributed by atoms with Crippen molar-refractivity contribution in [1.82, 2.24) is 10.6 Å². The van der Waals surface area contributed by atoms with Gasteiger partial charge in [-0.1, -0.05) is 26.7 Å². The fraction of sp³-hybridized carbons (Fsp3) is 0.944. The van der Waals surface area contributed by atoms with E-state index in [2.05, 4.69) is 24.5 Å². The molecular weight excluding hydrogens is 276 g/mol. The Morgan fingerprint density at radius 3 is 2.36 bits per heavy atom. The molecular formula is C18H34N2O2. The number of ether oxygens (including phenoxy) is 1. The average molecular weight is 310 g/mol. The summed E-state index contributed by atoms with van der Waals surface area (Å²) in [5.41, 5.74) is 0.0165. The predicted molar refractivity (Wildman–Crippen MR) is 89.8 cm³/mol. The van der Waals surface area contributed by atoms with Gasteiger partial charge in [0.15, 0.2) is 0 Å². The third-order valence-electron chi connectivity index (χ3n) is 5.59. The van der Waals surface area contributed by atoms with Crippen LogP contribution < -0.4 is 10.6 Å². The molecule has 1 heterocycles. The zero-order chi connectivity index (χ0) is 16.1. The first-order valence-electron chi connectivity index (χ1n) is 9.00. The maximum atomic E-state index is 12.9. The highest BCUT2D eigenvalue weighted by Crippen LogP contribution is 2.43. The van der Waals surface area contributed by atoms with Crippen LogP contribution in [0.2, 0.25) is 0 Å². The first kappa shape index (κ1) is 17.7. The van der Waals surface area contributed by atoms with E-state index in [-0.39, 0.29) is 11.3 Å². The number of rotatable bonds is 7. The quantitative estimate of drug-likeness (QED) is 0.760. The second kappa shape index (κ2) is 7.78. The Morgan fingerprint density at radius 1 is 1.18 bits per heavy atom. The molecule has 0 aromatic heterocycles. The minimum atomic E-state index is -0.322. The van der Waals surface area contributed by atoms with Crippen molar-refractivity contribution in [1.29, 1.82) is 0 Å². The van der Waals surface area contributed by atoms with Crippen molar-refractivity contribution in [2.45, 2.75) is 58.8 Å². The number of hydrogen-bond acceptors (Lipinski definition) is 3. The maximum Gasteiger partial charge on any atom is 0.228 e. The topological polar surface area (TPSA) is 50.4 Å². The summed E-state index contributed by atoms with van der Waals surface area (Å²) >= 11 is 0. The molecule has 1 saturated carbocycles. The molecule has 0 atom stereocenters. The molecule has 4 nitrogen and oxygen atoms in total. The van der Waals surface area contributed by atoms with E-state index in [1.807, 2.05) is 0 Å². The minimum absolute atomic E-state index is 0.214. The van der Waals surface area contributed by atoms with Gasteiger partial charge >= 0.3 is 0 Å². The highest BCUT2D eigenvalue weighted by Gasteiger charge is 2.41. The lowest BCUT2D eigenvalue weighted by Crippen LogP contribution is -2.52. The van der Waals surface area contributed by atoms with Crippen LogP contribution in [0.5, 0.6) is 0 Å². The third-order valence-corrected chi connectivity index (χ3v) is 5.59. The van der Waals surface area contributed by atoms with Crippen molar-refractivity contribution in [2.24, 2.45) is 16.7 Å². The number of hydrogen-bond donors (Lipinski definition) is 2. The molecule has 1 aliphatic carbocycles. The minimum Gasteiger partial charge on any atom is -0.384 e. The summed E-state index contributed by atoms with van der Waals surface area (Å²) in [6.45, 7) is 7.80. The second-order valence-corrected chi connectivity index (χ2v) is 7.95. The summed E-state index contributed by atoms with van der Waals surface area (Å²) < 4.78 is 5.38. The van der Waals surface area contributed by atoms with Crippen LogP contribution in [0, 0.1) is 16.7 Å². The van der Waals surface area contributed by atoms with Gasteiger partial charge in [0, 0.05) is 13.7 Å². The fourth-order valence-electron chi connectivity index (χ4n) is 4.52. The number of amides is 1. The van der Waals surface area contributed by atoms with Gasteiger partial charge in [-0.3, -0.25) is 4.79 Å². The highest BCUT2D eigenvalue weighted by atomic mass is 16.5. The predicted octanol–water partition coefficient (Wildman–Crippen LogP) is 2.73. The summed E-state index contributed by atoms with van der Waals surface area (Å²) in [6.07, 6.45) is 8.15. The fourth-order valence-corrected chi connectivity index (χ4v) is 4.52. The molecule has 2 N–H and O–H groups in total. The van der Waals surface area contributed by atoms with E-state index in [0.29, 0.717) is 17.9 Å². The van der Waals surface area contributed by atoms with Crippen LogP contribution in [-0.4, -0.2) is 39.3 Å². The van der Waals surface area contributed by atoms with Gasteiger partial charge in [-0.05, 0) is 56.5 Å². The first-order valence-corrected chi connectivity index (χ1v) is 9.00. The van der Waals surface area contributed by atoms with Gasteiger partial charge in [0.1, 0.15) is 0 Å². The van der Waals surface area contributed by atoms with Crippen molar-refractivity contribution in [3.05, 3.63) is 0 Å². The van der Waals surface area contributed by atoms with Crippen LogP contribution in [-0.2, 0) is 9.53 Å². The molecule has 1 amide bonds. The van der Waals surface area contributed by atoms with Crippen molar-refractivity contribution < 1.29 is 9.53 Å². The molecule has 0 aromatic rings. The number of carbonyl (C=O) groups is 1. The summed E-state index contributed by atoms with van der Waals surface area (Å²) in [5, 5.41) is 6.67. The van der Waals surface area contributed by atoms with Crippen molar-refractivity contribution in [3.8, 4) is 0 Å². The second-order valence-electron chi connectivity index (χ2n) is 7.95. The highest BCUT2D eigenvalue weighted by molar-refractivity contribution is 5.83. The molecule has 0 unspecified atom stereocenters. The van der Waals surface area contributed by atoms with E-state index in [1.165, 1.54) is 32.1 Å². The van der Waals surface area contributed by atoms with E-state index >= 15 is 0 Å². The van der Waals surface area contributed by atoms with E-state index in [1.54, 1.807) is 7.11 Å². The lowest BCUT2D eigenvalue weighted by Gasteiger charge is -2.38. The molecule has 2 aliphatic rings. The Kier molecular flexibility index (Phi) is 6.27. The Bertz CT molecular complexity index is 351. The molecule has 2 fully saturated rings. The molecule has 0 aromatic carbocycles. The van der Waals surface area contributed by atoms with Crippen LogP contribution in [0.15, 0.2) is 0 Å². The standard InChI is InChI=1S/C18H34N2O2/c1-15(2)12-17(6-4-5-7-17)13-20-16(21)18(14-22-3)8-10-19-11-9-18/h15,19H,4-14H2,1-3H3,(H,20,21). The van der Waals surface area contributed by atoms with Crippen LogP contribution in [0.4, 0.5) is 0 Å². The number of nitrogens with one attached hydrogen (secondary N) is 2. The Hall–Kier alpha value is -0.610. The Balaban J connectivity index is 1.97. The maximum absolute atomic E-state index is 12.9. The van der Waals surface area contributed by atoms with E-state index in [4.69, 9.17) is 4.74 Å². The average Bonchev–Trinajstić information content (AvgIpc) is 2.94. The Morgan fingerprint density at radius 2 is 1.82 bits per heavy atom. The van der Waals surface area contributed by atoms with Gasteiger partial charge in [0.2, 0.25) is 5.91 Å². The van der Waals surface area contributed by atoms with Gasteiger partial charge in [0.05, 0.1) is 12.0 Å². The number of piperidine rings is 1. The largest absolute Gasteiger partial charge is 0.384 e. The van der Waals surface area contributed by atoms with Crippen molar-refractivity contribution in [3.63, 3.8) is 0 Å². The smallest absolute Gasteiger partial charge is 0.228 e. The summed E-state index contributed by atoms with van der Waals surface area (Å²) in [6, 6.07) is 0. The summed E-state index contributed by atoms with van der Waals surface area (Å²) in [7, 11) is 1.70. The molecule has 0 bridgehead atoms. The van der Waals surface area contributed by atoms with E-state index < -0.39 is 0 Å². The first-order chi connectivity index (χ1) is 10.5. The number of carbonyl (C=O) groups excluding carboxylic acids is 1. The van der Waals surface area contributed by atoms with Gasteiger partial charge in [-0.25, -0.2) is 0 Å². The normalized spacial score (nSPS) is 23.6. The lowest BCUT2D eigenvalue weighted by atomic mass is 9.76. The molecule has 4 heteroatoms. The summed E-state index contributed by atoms with van der Waals surface area (Å²) in [4.78, 5) is 12.9. The lowest BCUT2D eigenvalue weighted by molar-refractivity contribution is -0.136. The van der Waals surface area contributed by atoms with Crippen molar-refractivity contribution >= 4 is 5.91 Å². The zero-order valence-corrected chi connectivity index (χ0v) is 14.7. The van der Waals surface area contributed by atoms with E-state index in [0.717, 1.165) is 32.5 Å². The van der Waals surface area contributed by atoms with Gasteiger partial charge in [-0.15, -0.1) is 0 Å². The molecule has 22 heavy (non-hydrogen) atoms. The molecule has 1 saturated heterocycles. The molecule has 128 valence electrons. The number of methoxy groups -OCH3 is 1. The third kappa shape index (κ3) is 4.23. The zero-order valence-electron chi connectivity index (χ0n) is 14.7. The van der Waals surface area contributed by atoms with Crippen LogP contribution in [0.1, 0.15) is 58.8 Å². The SMILES string of the molecule is COCC1(C(=O)NCC2(CC(C)C)CCCC2)CCNCC1. The van der Waals surface area contributed by atoms with Gasteiger partial charge in [-0.2, -0.15) is 0 Å². The molecule has 1 aliphatic heterocycles. The molecule has 0 radical (unpaired) electrons. The summed E-state index contributed by atoms with van der Waals surface area (Å²) in [5.74, 6) is 0.910. The van der Waals surface area contributed by atoms with Crippen LogP contribution in [0.3, 0.4) is 0 Å². The monoisotopic (exact) mass is 310 g/mol. The van der Waals surface area contributed by atoms with Crippen LogP contribution in [0.25, 0.3) is 0 Å². The van der Waals surface area contributed by atoms with Crippen LogP contribution >= 0.6 is 0 Å².